The fraction of sp³-hybridized carbons (Fsp3) is 0.462. The van der Waals surface area contributed by atoms with E-state index in [2.05, 4.69) is 5.43 Å². The lowest BCUT2D eigenvalue weighted by Crippen LogP contribution is -2.30. The zero-order chi connectivity index (χ0) is 15.4. The molecule has 0 bridgehead atoms. The Bertz CT molecular complexity index is 549. The van der Waals surface area contributed by atoms with Gasteiger partial charge in [-0.15, -0.1) is 0 Å². The van der Waals surface area contributed by atoms with Crippen molar-refractivity contribution in [3.8, 4) is 0 Å². The second-order valence-corrected chi connectivity index (χ2v) is 4.96. The third kappa shape index (κ3) is 3.11. The SMILES string of the molecule is COCC1CCN(C(=O)c2cccc([N+](=O)[O-])c2NN)C1. The minimum atomic E-state index is -0.566. The Morgan fingerprint density at radius 3 is 3.00 bits per heavy atom. The number of para-hydroxylation sites is 1. The van der Waals surface area contributed by atoms with Crippen molar-refractivity contribution in [3.63, 3.8) is 0 Å². The highest BCUT2D eigenvalue weighted by atomic mass is 16.6. The van der Waals surface area contributed by atoms with E-state index in [1.54, 1.807) is 12.0 Å². The Labute approximate surface area is 122 Å². The summed E-state index contributed by atoms with van der Waals surface area (Å²) >= 11 is 0. The van der Waals surface area contributed by atoms with E-state index < -0.39 is 4.92 Å². The topological polar surface area (TPSA) is 111 Å². The van der Waals surface area contributed by atoms with Gasteiger partial charge in [0, 0.05) is 32.2 Å². The van der Waals surface area contributed by atoms with E-state index in [0.29, 0.717) is 25.6 Å². The number of hydrogen-bond acceptors (Lipinski definition) is 6. The van der Waals surface area contributed by atoms with E-state index in [1.807, 2.05) is 0 Å². The molecule has 1 aromatic carbocycles. The summed E-state index contributed by atoms with van der Waals surface area (Å²) in [6.45, 7) is 1.79. The van der Waals surface area contributed by atoms with E-state index in [4.69, 9.17) is 10.6 Å². The molecule has 0 aromatic heterocycles. The fourth-order valence-corrected chi connectivity index (χ4v) is 2.58. The van der Waals surface area contributed by atoms with E-state index in [0.717, 1.165) is 6.42 Å². The van der Waals surface area contributed by atoms with Crippen LogP contribution in [0, 0.1) is 16.0 Å². The number of rotatable bonds is 5. The van der Waals surface area contributed by atoms with Crippen LogP contribution in [0.15, 0.2) is 18.2 Å². The third-order valence-corrected chi connectivity index (χ3v) is 3.59. The van der Waals surface area contributed by atoms with Gasteiger partial charge in [-0.1, -0.05) is 6.07 Å². The van der Waals surface area contributed by atoms with Gasteiger partial charge in [0.2, 0.25) is 0 Å². The zero-order valence-corrected chi connectivity index (χ0v) is 11.7. The largest absolute Gasteiger partial charge is 0.384 e. The van der Waals surface area contributed by atoms with Crippen LogP contribution in [0.1, 0.15) is 16.8 Å². The van der Waals surface area contributed by atoms with Gasteiger partial charge in [0.1, 0.15) is 5.69 Å². The summed E-state index contributed by atoms with van der Waals surface area (Å²) in [4.78, 5) is 24.6. The second kappa shape index (κ2) is 6.51. The molecule has 1 saturated heterocycles. The number of nitrogen functional groups attached to an aromatic ring is 1. The fourth-order valence-electron chi connectivity index (χ4n) is 2.58. The normalized spacial score (nSPS) is 17.8. The van der Waals surface area contributed by atoms with Crippen LogP contribution in [0.5, 0.6) is 0 Å². The molecule has 0 saturated carbocycles. The van der Waals surface area contributed by atoms with Crippen LogP contribution in [-0.2, 0) is 4.74 Å². The van der Waals surface area contributed by atoms with Gasteiger partial charge in [0.15, 0.2) is 0 Å². The van der Waals surface area contributed by atoms with Gasteiger partial charge in [-0.05, 0) is 12.5 Å². The van der Waals surface area contributed by atoms with Crippen molar-refractivity contribution in [2.24, 2.45) is 11.8 Å². The molecule has 0 aliphatic carbocycles. The molecule has 0 spiro atoms. The van der Waals surface area contributed by atoms with Crippen molar-refractivity contribution in [3.05, 3.63) is 33.9 Å². The maximum atomic E-state index is 12.5. The van der Waals surface area contributed by atoms with Gasteiger partial charge in [-0.2, -0.15) is 0 Å². The number of methoxy groups -OCH3 is 1. The molecule has 8 heteroatoms. The van der Waals surface area contributed by atoms with Crippen LogP contribution in [0.4, 0.5) is 11.4 Å². The number of likely N-dealkylation sites (tertiary alicyclic amines) is 1. The molecule has 1 fully saturated rings. The quantitative estimate of drug-likeness (QED) is 0.476. The molecule has 8 nitrogen and oxygen atoms in total. The number of hydrogen-bond donors (Lipinski definition) is 2. The zero-order valence-electron chi connectivity index (χ0n) is 11.7. The summed E-state index contributed by atoms with van der Waals surface area (Å²) in [6, 6.07) is 4.33. The molecule has 1 aliphatic heterocycles. The lowest BCUT2D eigenvalue weighted by molar-refractivity contribution is -0.384. The number of nitrogens with zero attached hydrogens (tertiary/aromatic N) is 2. The number of nitro benzene ring substituents is 1. The number of carbonyl (C=O) groups excluding carboxylic acids is 1. The maximum absolute atomic E-state index is 12.5. The van der Waals surface area contributed by atoms with E-state index in [9.17, 15) is 14.9 Å². The summed E-state index contributed by atoms with van der Waals surface area (Å²) in [7, 11) is 1.63. The monoisotopic (exact) mass is 294 g/mol. The summed E-state index contributed by atoms with van der Waals surface area (Å²) in [5.41, 5.74) is 2.32. The first kappa shape index (κ1) is 15.2. The van der Waals surface area contributed by atoms with Crippen molar-refractivity contribution in [2.45, 2.75) is 6.42 Å². The van der Waals surface area contributed by atoms with Gasteiger partial charge in [0.05, 0.1) is 17.1 Å². The van der Waals surface area contributed by atoms with Crippen LogP contribution in [0.25, 0.3) is 0 Å². The number of amides is 1. The van der Waals surface area contributed by atoms with E-state index >= 15 is 0 Å². The molecule has 1 aliphatic rings. The molecular formula is C13H18N4O4. The average molecular weight is 294 g/mol. The summed E-state index contributed by atoms with van der Waals surface area (Å²) in [5.74, 6) is 5.39. The molecule has 0 radical (unpaired) electrons. The Kier molecular flexibility index (Phi) is 4.71. The molecule has 1 unspecified atom stereocenters. The van der Waals surface area contributed by atoms with Crippen molar-refractivity contribution in [1.29, 1.82) is 0 Å². The Morgan fingerprint density at radius 2 is 2.38 bits per heavy atom. The van der Waals surface area contributed by atoms with Gasteiger partial charge in [-0.3, -0.25) is 20.8 Å². The first-order valence-electron chi connectivity index (χ1n) is 6.60. The van der Waals surface area contributed by atoms with Crippen LogP contribution in [0.3, 0.4) is 0 Å². The van der Waals surface area contributed by atoms with Crippen LogP contribution in [0.2, 0.25) is 0 Å². The first-order chi connectivity index (χ1) is 10.1. The molecular weight excluding hydrogens is 276 g/mol. The van der Waals surface area contributed by atoms with Crippen molar-refractivity contribution >= 4 is 17.3 Å². The molecule has 3 N–H and O–H groups in total. The number of nitrogens with one attached hydrogen (secondary N) is 1. The van der Waals surface area contributed by atoms with E-state index in [1.165, 1.54) is 18.2 Å². The van der Waals surface area contributed by atoms with Gasteiger partial charge >= 0.3 is 0 Å². The number of nitrogens with two attached hydrogens (primary N) is 1. The Hall–Kier alpha value is -2.19. The number of hydrazine groups is 1. The maximum Gasteiger partial charge on any atom is 0.294 e. The number of anilines is 1. The van der Waals surface area contributed by atoms with Gasteiger partial charge in [0.25, 0.3) is 11.6 Å². The minimum absolute atomic E-state index is 0.0442. The molecule has 21 heavy (non-hydrogen) atoms. The summed E-state index contributed by atoms with van der Waals surface area (Å²) in [6.07, 6.45) is 0.861. The lowest BCUT2D eigenvalue weighted by Gasteiger charge is -2.18. The first-order valence-corrected chi connectivity index (χ1v) is 6.60. The second-order valence-electron chi connectivity index (χ2n) is 4.96. The van der Waals surface area contributed by atoms with Crippen LogP contribution < -0.4 is 11.3 Å². The predicted molar refractivity (Wildman–Crippen MR) is 76.8 cm³/mol. The number of nitro groups is 1. The summed E-state index contributed by atoms with van der Waals surface area (Å²) in [5, 5.41) is 11.0. The smallest absolute Gasteiger partial charge is 0.294 e. The van der Waals surface area contributed by atoms with Crippen LogP contribution >= 0.6 is 0 Å². The highest BCUT2D eigenvalue weighted by Crippen LogP contribution is 2.29. The standard InChI is InChI=1S/C13H18N4O4/c1-21-8-9-5-6-16(7-9)13(18)10-3-2-4-11(17(19)20)12(10)15-14/h2-4,9,15H,5-8,14H2,1H3. The molecule has 1 atom stereocenters. The van der Waals surface area contributed by atoms with Gasteiger partial charge < -0.3 is 15.1 Å². The van der Waals surface area contributed by atoms with Gasteiger partial charge in [-0.25, -0.2) is 0 Å². The van der Waals surface area contributed by atoms with Crippen molar-refractivity contribution < 1.29 is 14.5 Å². The van der Waals surface area contributed by atoms with Crippen molar-refractivity contribution in [2.75, 3.05) is 32.2 Å². The molecule has 2 rings (SSSR count). The van der Waals surface area contributed by atoms with E-state index in [-0.39, 0.29) is 22.8 Å². The molecule has 114 valence electrons. The highest BCUT2D eigenvalue weighted by molar-refractivity contribution is 6.01. The molecule has 1 amide bonds. The Balaban J connectivity index is 2.24. The third-order valence-electron chi connectivity index (χ3n) is 3.59. The molecule has 1 heterocycles. The average Bonchev–Trinajstić information content (AvgIpc) is 2.94. The number of ether oxygens (including phenoxy) is 1. The predicted octanol–water partition coefficient (Wildman–Crippen LogP) is 0.989. The lowest BCUT2D eigenvalue weighted by atomic mass is 10.1. The van der Waals surface area contributed by atoms with Crippen molar-refractivity contribution in [1.82, 2.24) is 4.90 Å². The summed E-state index contributed by atoms with van der Waals surface area (Å²) < 4.78 is 5.10. The Morgan fingerprint density at radius 1 is 1.62 bits per heavy atom. The highest BCUT2D eigenvalue weighted by Gasteiger charge is 2.30. The number of benzene rings is 1. The minimum Gasteiger partial charge on any atom is -0.384 e. The van der Waals surface area contributed by atoms with Crippen LogP contribution in [-0.4, -0.2) is 42.5 Å². The number of carbonyl (C=O) groups is 1. The molecule has 1 aromatic rings.